The second kappa shape index (κ2) is 15.4. The fourth-order valence-corrected chi connectivity index (χ4v) is 11.2. The highest BCUT2D eigenvalue weighted by Gasteiger charge is 2.75. The Labute approximate surface area is 331 Å². The summed E-state index contributed by atoms with van der Waals surface area (Å²) in [6, 6.07) is 3.28. The van der Waals surface area contributed by atoms with Crippen molar-refractivity contribution >= 4 is 45.9 Å². The molecule has 3 saturated carbocycles. The smallest absolute Gasteiger partial charge is 0.252 e. The van der Waals surface area contributed by atoms with Gasteiger partial charge in [-0.15, -0.1) is 0 Å². The Balaban J connectivity index is 0.816. The number of aliphatic hydroxyl groups is 4. The van der Waals surface area contributed by atoms with Crippen LogP contribution in [0.25, 0.3) is 11.0 Å². The van der Waals surface area contributed by atoms with Gasteiger partial charge in [-0.1, -0.05) is 74.4 Å². The standard InChI is InChI=1S/C41H54Cl2FN3O8/c1-23-16-27-26-11-10-24-17-25(48)12-13-38(24,2)40(26,44)33(49)20-39(27,3)41(23,53)37(52)45-14-8-6-4-5-7-9-15-54-21-32-34(50)35(51)36(55-32)47-22-46-30-18-28(42)29(43)19-31(30)47/h12-13,17-19,22-23,26-27,32-36,49-51,53H,4-11,14-16,20-21H2,1-3H3,(H,45,52)/t23-,26+,27?,32-,33+,34-,35-,36-,38+,39+,40+,41+/m1/s1. The maximum absolute atomic E-state index is 17.4. The van der Waals surface area contributed by atoms with E-state index in [4.69, 9.17) is 32.7 Å². The van der Waals surface area contributed by atoms with Gasteiger partial charge in [-0.3, -0.25) is 9.59 Å². The number of amides is 1. The molecule has 0 spiro atoms. The van der Waals surface area contributed by atoms with Crippen molar-refractivity contribution in [3.05, 3.63) is 52.3 Å². The Hall–Kier alpha value is -2.42. The van der Waals surface area contributed by atoms with Crippen molar-refractivity contribution in [3.8, 4) is 0 Å². The molecule has 5 aliphatic rings. The highest BCUT2D eigenvalue weighted by atomic mass is 35.5. The third-order valence-electron chi connectivity index (χ3n) is 14.1. The van der Waals surface area contributed by atoms with E-state index < -0.39 is 70.5 Å². The number of nitrogens with one attached hydrogen (secondary N) is 1. The van der Waals surface area contributed by atoms with Crippen molar-refractivity contribution in [3.63, 3.8) is 0 Å². The van der Waals surface area contributed by atoms with Gasteiger partial charge in [0.05, 0.1) is 40.1 Å². The molecule has 14 heteroatoms. The van der Waals surface area contributed by atoms with Gasteiger partial charge in [0, 0.05) is 29.9 Å². The number of carbonyl (C=O) groups is 2. The first-order chi connectivity index (χ1) is 26.1. The van der Waals surface area contributed by atoms with E-state index in [9.17, 15) is 30.0 Å². The molecule has 1 amide bonds. The molecule has 2 aromatic rings. The predicted octanol–water partition coefficient (Wildman–Crippen LogP) is 5.78. The van der Waals surface area contributed by atoms with Gasteiger partial charge in [0.15, 0.2) is 23.3 Å². The summed E-state index contributed by atoms with van der Waals surface area (Å²) in [7, 11) is 0. The maximum atomic E-state index is 17.4. The van der Waals surface area contributed by atoms with E-state index in [0.717, 1.165) is 38.5 Å². The Morgan fingerprint density at radius 2 is 1.78 bits per heavy atom. The number of ether oxygens (including phenoxy) is 2. The predicted molar refractivity (Wildman–Crippen MR) is 205 cm³/mol. The number of aromatic nitrogens is 2. The van der Waals surface area contributed by atoms with Gasteiger partial charge in [-0.05, 0) is 81.6 Å². The molecule has 0 radical (unpaired) electrons. The summed E-state index contributed by atoms with van der Waals surface area (Å²) in [5.41, 5.74) is -3.94. The molecule has 0 bridgehead atoms. The summed E-state index contributed by atoms with van der Waals surface area (Å²) in [6.07, 6.45) is 7.54. The average molecular weight is 807 g/mol. The number of ketones is 1. The van der Waals surface area contributed by atoms with E-state index in [-0.39, 0.29) is 24.7 Å². The Morgan fingerprint density at radius 1 is 1.07 bits per heavy atom. The number of carbonyl (C=O) groups excluding carboxylic acids is 2. The Bertz CT molecular complexity index is 1860. The number of allylic oxidation sites excluding steroid dienone is 4. The van der Waals surface area contributed by atoms with Crippen LogP contribution in [0.2, 0.25) is 10.0 Å². The summed E-state index contributed by atoms with van der Waals surface area (Å²) in [5, 5.41) is 48.8. The number of rotatable bonds is 13. The van der Waals surface area contributed by atoms with Gasteiger partial charge >= 0.3 is 0 Å². The molecule has 1 aromatic carbocycles. The molecule has 4 fully saturated rings. The van der Waals surface area contributed by atoms with Crippen LogP contribution in [-0.2, 0) is 19.1 Å². The summed E-state index contributed by atoms with van der Waals surface area (Å²) in [5.74, 6) is -1.90. The highest BCUT2D eigenvalue weighted by molar-refractivity contribution is 6.42. The second-order valence-corrected chi connectivity index (χ2v) is 17.9. The van der Waals surface area contributed by atoms with Gasteiger partial charge in [0.2, 0.25) is 0 Å². The van der Waals surface area contributed by atoms with E-state index in [1.54, 1.807) is 29.7 Å². The SMILES string of the molecule is C[C@@H]1CC2[C@@H]3CCC4=CC(=O)C=C[C@]4(C)[C@@]3(F)[C@@H](O)C[C@]2(C)[C@@]1(O)C(=O)NCCCCCCCCOC[C@H]1O[C@@H](n2cnc3cc(Cl)c(Cl)cc32)[C@H](O)[C@@H]1O. The second-order valence-electron chi connectivity index (χ2n) is 17.1. The molecule has 2 heterocycles. The van der Waals surface area contributed by atoms with Crippen molar-refractivity contribution in [1.29, 1.82) is 0 Å². The number of hydrogen-bond acceptors (Lipinski definition) is 9. The van der Waals surface area contributed by atoms with Crippen LogP contribution >= 0.6 is 23.2 Å². The van der Waals surface area contributed by atoms with Crippen LogP contribution in [0.3, 0.4) is 0 Å². The van der Waals surface area contributed by atoms with E-state index in [0.29, 0.717) is 59.1 Å². The lowest BCUT2D eigenvalue weighted by molar-refractivity contribution is -0.219. The highest BCUT2D eigenvalue weighted by Crippen LogP contribution is 2.70. The van der Waals surface area contributed by atoms with Crippen molar-refractivity contribution in [1.82, 2.24) is 14.9 Å². The van der Waals surface area contributed by atoms with Crippen LogP contribution in [0, 0.1) is 28.6 Å². The minimum absolute atomic E-state index is 0.0429. The van der Waals surface area contributed by atoms with E-state index >= 15 is 4.39 Å². The third kappa shape index (κ3) is 6.60. The number of benzene rings is 1. The number of unbranched alkanes of at least 4 members (excludes halogenated alkanes) is 5. The van der Waals surface area contributed by atoms with Crippen LogP contribution in [-0.4, -0.2) is 97.1 Å². The van der Waals surface area contributed by atoms with Gasteiger partial charge < -0.3 is 39.8 Å². The van der Waals surface area contributed by atoms with E-state index in [1.165, 1.54) is 18.5 Å². The van der Waals surface area contributed by atoms with Gasteiger partial charge in [-0.2, -0.15) is 0 Å². The lowest BCUT2D eigenvalue weighted by Gasteiger charge is -2.62. The number of fused-ring (bicyclic) bond motifs is 6. The van der Waals surface area contributed by atoms with Crippen LogP contribution < -0.4 is 5.32 Å². The number of nitrogens with zero attached hydrogens (tertiary/aromatic N) is 2. The van der Waals surface area contributed by atoms with Crippen LogP contribution in [0.1, 0.15) is 91.2 Å². The Kier molecular flexibility index (Phi) is 11.4. The summed E-state index contributed by atoms with van der Waals surface area (Å²) in [6.45, 7) is 6.49. The lowest BCUT2D eigenvalue weighted by Crippen LogP contribution is -2.70. The first kappa shape index (κ1) is 40.8. The van der Waals surface area contributed by atoms with Crippen molar-refractivity contribution in [2.75, 3.05) is 19.8 Å². The zero-order valence-corrected chi connectivity index (χ0v) is 33.2. The molecule has 1 saturated heterocycles. The average Bonchev–Trinajstić information content (AvgIpc) is 3.73. The molecule has 7 rings (SSSR count). The van der Waals surface area contributed by atoms with Crippen molar-refractivity contribution < 1.29 is 43.9 Å². The number of imidazole rings is 1. The van der Waals surface area contributed by atoms with Crippen LogP contribution in [0.4, 0.5) is 4.39 Å². The normalized spacial score (nSPS) is 39.5. The molecule has 1 aliphatic heterocycles. The molecule has 302 valence electrons. The monoisotopic (exact) mass is 805 g/mol. The molecule has 5 N–H and O–H groups in total. The van der Waals surface area contributed by atoms with Crippen molar-refractivity contribution in [2.45, 2.75) is 127 Å². The number of aliphatic hydroxyl groups excluding tert-OH is 3. The number of halogens is 3. The first-order valence-electron chi connectivity index (χ1n) is 19.8. The summed E-state index contributed by atoms with van der Waals surface area (Å²) in [4.78, 5) is 30.2. The molecule has 1 aromatic heterocycles. The zero-order valence-electron chi connectivity index (χ0n) is 31.7. The molecule has 1 unspecified atom stereocenters. The minimum Gasteiger partial charge on any atom is -0.390 e. The Morgan fingerprint density at radius 3 is 2.55 bits per heavy atom. The third-order valence-corrected chi connectivity index (χ3v) is 14.8. The number of alkyl halides is 1. The van der Waals surface area contributed by atoms with E-state index in [2.05, 4.69) is 10.3 Å². The molecule has 11 nitrogen and oxygen atoms in total. The summed E-state index contributed by atoms with van der Waals surface area (Å²) < 4.78 is 30.8. The number of hydrogen-bond donors (Lipinski definition) is 5. The fourth-order valence-electron chi connectivity index (χ4n) is 10.9. The fraction of sp³-hybridized carbons (Fsp3) is 0.683. The van der Waals surface area contributed by atoms with Gasteiger partial charge in [0.25, 0.3) is 5.91 Å². The molecular weight excluding hydrogens is 752 g/mol. The van der Waals surface area contributed by atoms with Gasteiger partial charge in [-0.25, -0.2) is 9.37 Å². The van der Waals surface area contributed by atoms with Crippen LogP contribution in [0.5, 0.6) is 0 Å². The van der Waals surface area contributed by atoms with Crippen molar-refractivity contribution in [2.24, 2.45) is 28.6 Å². The molecule has 12 atom stereocenters. The largest absolute Gasteiger partial charge is 0.390 e. The summed E-state index contributed by atoms with van der Waals surface area (Å²) >= 11 is 12.3. The minimum atomic E-state index is -2.00. The maximum Gasteiger partial charge on any atom is 0.252 e. The zero-order chi connectivity index (χ0) is 39.5. The molecule has 4 aliphatic carbocycles. The molecular formula is C41H54Cl2FN3O8. The first-order valence-corrected chi connectivity index (χ1v) is 20.6. The molecule has 55 heavy (non-hydrogen) atoms. The van der Waals surface area contributed by atoms with Gasteiger partial charge in [0.1, 0.15) is 18.3 Å². The van der Waals surface area contributed by atoms with Crippen LogP contribution in [0.15, 0.2) is 42.3 Å². The quantitative estimate of drug-likeness (QED) is 0.158. The topological polar surface area (TPSA) is 163 Å². The van der Waals surface area contributed by atoms with E-state index in [1.807, 2.05) is 13.8 Å². The lowest BCUT2D eigenvalue weighted by atomic mass is 9.44.